The summed E-state index contributed by atoms with van der Waals surface area (Å²) in [7, 11) is 1.73. The minimum absolute atomic E-state index is 0.0393. The Kier molecular flexibility index (Phi) is 7.74. The molecule has 1 fully saturated rings. The van der Waals surface area contributed by atoms with Crippen molar-refractivity contribution in [3.63, 3.8) is 0 Å². The number of halogens is 1. The number of likely N-dealkylation sites (N-methyl/N-ethyl adjacent to an activating group) is 1. The number of carbonyl (C=O) groups excluding carboxylic acids is 2. The Balaban J connectivity index is 2.06. The molecule has 1 aliphatic heterocycles. The average Bonchev–Trinajstić information content (AvgIpc) is 2.69. The van der Waals surface area contributed by atoms with Crippen LogP contribution in [0.15, 0.2) is 41.2 Å². The first-order valence-electron chi connectivity index (χ1n) is 8.93. The molecule has 0 aromatic heterocycles. The van der Waals surface area contributed by atoms with Crippen molar-refractivity contribution < 1.29 is 24.2 Å². The molecule has 28 heavy (non-hydrogen) atoms. The number of aliphatic hydroxyl groups is 1. The first-order valence-corrected chi connectivity index (χ1v) is 9.31. The van der Waals surface area contributed by atoms with Crippen LogP contribution in [0.3, 0.4) is 0 Å². The molecule has 0 aliphatic carbocycles. The summed E-state index contributed by atoms with van der Waals surface area (Å²) < 4.78 is 10.5. The van der Waals surface area contributed by atoms with Crippen molar-refractivity contribution in [3.8, 4) is 0 Å². The van der Waals surface area contributed by atoms with Gasteiger partial charge in [0.15, 0.2) is 5.60 Å². The second-order valence-corrected chi connectivity index (χ2v) is 7.07. The number of hydrogen-bond acceptors (Lipinski definition) is 7. The third kappa shape index (κ3) is 5.41. The summed E-state index contributed by atoms with van der Waals surface area (Å²) in [6.45, 7) is 5.97. The predicted octanol–water partition coefficient (Wildman–Crippen LogP) is 2.57. The first kappa shape index (κ1) is 22.1. The number of hydrogen-bond donors (Lipinski definition) is 1. The lowest BCUT2D eigenvalue weighted by molar-refractivity contribution is -0.176. The highest BCUT2D eigenvalue weighted by molar-refractivity contribution is 6.67. The van der Waals surface area contributed by atoms with Gasteiger partial charge in [0.05, 0.1) is 12.2 Å². The molecule has 0 saturated carbocycles. The van der Waals surface area contributed by atoms with Gasteiger partial charge in [-0.2, -0.15) is 0 Å². The Morgan fingerprint density at radius 2 is 2.14 bits per heavy atom. The molecule has 1 saturated heterocycles. The summed E-state index contributed by atoms with van der Waals surface area (Å²) in [6, 6.07) is 7.25. The number of benzene rings is 1. The Bertz CT molecular complexity index is 759. The molecule has 8 heteroatoms. The minimum atomic E-state index is -1.48. The number of rotatable bonds is 8. The smallest absolute Gasteiger partial charge is 0.338 e. The third-order valence-corrected chi connectivity index (χ3v) is 5.07. The van der Waals surface area contributed by atoms with Crippen molar-refractivity contribution in [2.45, 2.75) is 38.0 Å². The van der Waals surface area contributed by atoms with Gasteiger partial charge in [-0.25, -0.2) is 4.79 Å². The highest BCUT2D eigenvalue weighted by atomic mass is 35.5. The zero-order valence-electron chi connectivity index (χ0n) is 16.1. The Morgan fingerprint density at radius 3 is 2.75 bits per heavy atom. The summed E-state index contributed by atoms with van der Waals surface area (Å²) in [5.74, 6) is -0.638. The van der Waals surface area contributed by atoms with E-state index in [0.717, 1.165) is 11.1 Å². The van der Waals surface area contributed by atoms with E-state index in [2.05, 4.69) is 11.7 Å². The predicted molar refractivity (Wildman–Crippen MR) is 106 cm³/mol. The van der Waals surface area contributed by atoms with E-state index in [-0.39, 0.29) is 31.2 Å². The van der Waals surface area contributed by atoms with Gasteiger partial charge in [-0.3, -0.25) is 9.79 Å². The third-order valence-electron chi connectivity index (χ3n) is 4.88. The Labute approximate surface area is 169 Å². The van der Waals surface area contributed by atoms with Crippen LogP contribution in [-0.2, 0) is 25.7 Å². The van der Waals surface area contributed by atoms with Crippen LogP contribution < -0.4 is 0 Å². The van der Waals surface area contributed by atoms with Crippen LogP contribution in [0.4, 0.5) is 0 Å². The number of aliphatic imine (C=N–C) groups is 1. The molecular weight excluding hydrogens is 384 g/mol. The molecule has 1 heterocycles. The van der Waals surface area contributed by atoms with E-state index in [9.17, 15) is 14.7 Å². The largest absolute Gasteiger partial charge is 0.459 e. The zero-order valence-corrected chi connectivity index (χ0v) is 16.8. The van der Waals surface area contributed by atoms with Crippen molar-refractivity contribution in [1.82, 2.24) is 4.90 Å². The maximum absolute atomic E-state index is 12.2. The van der Waals surface area contributed by atoms with Crippen molar-refractivity contribution in [2.75, 3.05) is 20.3 Å². The highest BCUT2D eigenvalue weighted by Gasteiger charge is 2.39. The van der Waals surface area contributed by atoms with E-state index in [1.54, 1.807) is 11.9 Å². The standard InChI is InChI=1S/C20H25ClN2O5/c1-14(23(3)17(12-22-2)18(21)24)16-6-4-5-15(11-16)13-28-19(25)20(26)7-9-27-10-8-20/h4-6,11-12,14,26H,2,7-10,13H2,1,3H3/b17-12-/t14-/m1/s1. The molecule has 0 radical (unpaired) electrons. The molecule has 1 atom stereocenters. The van der Waals surface area contributed by atoms with Crippen LogP contribution in [0, 0.1) is 0 Å². The van der Waals surface area contributed by atoms with Gasteiger partial charge >= 0.3 is 5.97 Å². The summed E-state index contributed by atoms with van der Waals surface area (Å²) in [4.78, 5) is 29.2. The molecule has 0 amide bonds. The highest BCUT2D eigenvalue weighted by Crippen LogP contribution is 2.26. The SMILES string of the molecule is C=N/C=C(/C(=O)Cl)N(C)[C@H](C)c1cccc(COC(=O)C2(O)CCOCC2)c1. The second-order valence-electron chi connectivity index (χ2n) is 6.72. The van der Waals surface area contributed by atoms with Gasteiger partial charge in [-0.05, 0) is 36.4 Å². The molecule has 0 spiro atoms. The molecule has 1 aliphatic rings. The lowest BCUT2D eigenvalue weighted by Crippen LogP contribution is -2.44. The van der Waals surface area contributed by atoms with Crippen molar-refractivity contribution in [2.24, 2.45) is 4.99 Å². The Hall–Kier alpha value is -2.22. The summed E-state index contributed by atoms with van der Waals surface area (Å²) >= 11 is 5.62. The van der Waals surface area contributed by atoms with Crippen LogP contribution in [0.25, 0.3) is 0 Å². The quantitative estimate of drug-likeness (QED) is 0.308. The van der Waals surface area contributed by atoms with E-state index in [0.29, 0.717) is 13.2 Å². The molecule has 1 N–H and O–H groups in total. The first-order chi connectivity index (χ1) is 13.3. The van der Waals surface area contributed by atoms with Crippen LogP contribution in [0.1, 0.15) is 36.9 Å². The lowest BCUT2D eigenvalue weighted by atomic mass is 9.95. The van der Waals surface area contributed by atoms with Crippen LogP contribution in [0.2, 0.25) is 0 Å². The van der Waals surface area contributed by atoms with E-state index >= 15 is 0 Å². The Morgan fingerprint density at radius 1 is 1.46 bits per heavy atom. The summed E-state index contributed by atoms with van der Waals surface area (Å²) in [5, 5.41) is 9.74. The van der Waals surface area contributed by atoms with E-state index in [4.69, 9.17) is 21.1 Å². The number of ether oxygens (including phenoxy) is 2. The van der Waals surface area contributed by atoms with Crippen molar-refractivity contribution >= 4 is 29.5 Å². The van der Waals surface area contributed by atoms with Gasteiger partial charge in [-0.1, -0.05) is 24.3 Å². The topological polar surface area (TPSA) is 88.4 Å². The number of carbonyl (C=O) groups is 2. The van der Waals surface area contributed by atoms with Crippen LogP contribution >= 0.6 is 11.6 Å². The maximum atomic E-state index is 12.2. The van der Waals surface area contributed by atoms with Crippen molar-refractivity contribution in [3.05, 3.63) is 47.3 Å². The minimum Gasteiger partial charge on any atom is -0.459 e. The second kappa shape index (κ2) is 9.82. The van der Waals surface area contributed by atoms with Gasteiger partial charge in [0.2, 0.25) is 0 Å². The van der Waals surface area contributed by atoms with E-state index in [1.807, 2.05) is 31.2 Å². The molecule has 0 bridgehead atoms. The fourth-order valence-electron chi connectivity index (χ4n) is 2.94. The van der Waals surface area contributed by atoms with E-state index in [1.165, 1.54) is 6.20 Å². The number of allylic oxidation sites excluding steroid dienone is 1. The van der Waals surface area contributed by atoms with Gasteiger partial charge in [0.1, 0.15) is 12.3 Å². The molecule has 2 rings (SSSR count). The zero-order chi connectivity index (χ0) is 20.7. The molecule has 0 unspecified atom stereocenters. The number of nitrogens with zero attached hydrogens (tertiary/aromatic N) is 2. The molecule has 7 nitrogen and oxygen atoms in total. The van der Waals surface area contributed by atoms with Crippen LogP contribution in [-0.4, -0.2) is 53.8 Å². The fourth-order valence-corrected chi connectivity index (χ4v) is 3.12. The van der Waals surface area contributed by atoms with Crippen molar-refractivity contribution in [1.29, 1.82) is 0 Å². The van der Waals surface area contributed by atoms with Crippen LogP contribution in [0.5, 0.6) is 0 Å². The normalized spacial score (nSPS) is 17.5. The molecular formula is C20H25ClN2O5. The summed E-state index contributed by atoms with van der Waals surface area (Å²) in [5.41, 5.74) is 0.407. The van der Waals surface area contributed by atoms with Gasteiger partial charge in [-0.15, -0.1) is 0 Å². The molecule has 1 aromatic rings. The fraction of sp³-hybridized carbons (Fsp3) is 0.450. The monoisotopic (exact) mass is 408 g/mol. The maximum Gasteiger partial charge on any atom is 0.338 e. The number of esters is 1. The van der Waals surface area contributed by atoms with Gasteiger partial charge in [0, 0.05) is 33.1 Å². The lowest BCUT2D eigenvalue weighted by Gasteiger charge is -2.29. The van der Waals surface area contributed by atoms with Gasteiger partial charge < -0.3 is 19.5 Å². The molecule has 1 aromatic carbocycles. The summed E-state index contributed by atoms with van der Waals surface area (Å²) in [6.07, 6.45) is 1.77. The van der Waals surface area contributed by atoms with Gasteiger partial charge in [0.25, 0.3) is 5.24 Å². The average molecular weight is 409 g/mol. The van der Waals surface area contributed by atoms with E-state index < -0.39 is 16.8 Å². The molecule has 152 valence electrons.